The van der Waals surface area contributed by atoms with E-state index in [1.165, 1.54) is 31.4 Å². The average Bonchev–Trinajstić information content (AvgIpc) is 2.45. The quantitative estimate of drug-likeness (QED) is 0.562. The van der Waals surface area contributed by atoms with Gasteiger partial charge < -0.3 is 4.74 Å². The summed E-state index contributed by atoms with van der Waals surface area (Å²) in [6, 6.07) is 6.17. The summed E-state index contributed by atoms with van der Waals surface area (Å²) >= 11 is 0. The molecular formula is C17H23FO2. The molecular weight excluding hydrogens is 255 g/mol. The van der Waals surface area contributed by atoms with Crippen molar-refractivity contribution in [3.8, 4) is 0 Å². The molecule has 1 aromatic carbocycles. The van der Waals surface area contributed by atoms with Crippen LogP contribution in [0.1, 0.15) is 63.4 Å². The predicted octanol–water partition coefficient (Wildman–Crippen LogP) is 4.59. The van der Waals surface area contributed by atoms with Gasteiger partial charge in [0.1, 0.15) is 11.9 Å². The minimum absolute atomic E-state index is 0.0797. The normalized spacial score (nSPS) is 22.6. The molecule has 0 amide bonds. The van der Waals surface area contributed by atoms with Gasteiger partial charge in [-0.1, -0.05) is 38.3 Å². The molecule has 0 aromatic heterocycles. The van der Waals surface area contributed by atoms with Crippen molar-refractivity contribution in [3.63, 3.8) is 0 Å². The lowest BCUT2D eigenvalue weighted by molar-refractivity contribution is -0.156. The van der Waals surface area contributed by atoms with Gasteiger partial charge in [0.2, 0.25) is 0 Å². The molecule has 0 radical (unpaired) electrons. The van der Waals surface area contributed by atoms with Gasteiger partial charge in [-0.2, -0.15) is 0 Å². The molecule has 1 saturated heterocycles. The van der Waals surface area contributed by atoms with E-state index in [1.54, 1.807) is 12.1 Å². The van der Waals surface area contributed by atoms with Crippen LogP contribution in [-0.4, -0.2) is 12.1 Å². The SMILES string of the molecule is CCCCCCC1CCC(c2ccc(F)cc2)C(=O)O1. The van der Waals surface area contributed by atoms with E-state index < -0.39 is 0 Å². The van der Waals surface area contributed by atoms with Crippen molar-refractivity contribution in [1.82, 2.24) is 0 Å². The first-order valence-electron chi connectivity index (χ1n) is 7.66. The summed E-state index contributed by atoms with van der Waals surface area (Å²) in [4.78, 5) is 12.1. The number of halogens is 1. The molecule has 1 aromatic rings. The Morgan fingerprint density at radius 2 is 1.90 bits per heavy atom. The van der Waals surface area contributed by atoms with Crippen molar-refractivity contribution in [2.45, 2.75) is 63.9 Å². The third kappa shape index (κ3) is 4.06. The number of benzene rings is 1. The van der Waals surface area contributed by atoms with Crippen molar-refractivity contribution < 1.29 is 13.9 Å². The Labute approximate surface area is 120 Å². The molecule has 1 fully saturated rings. The molecule has 2 atom stereocenters. The van der Waals surface area contributed by atoms with E-state index in [-0.39, 0.29) is 23.8 Å². The third-order valence-electron chi connectivity index (χ3n) is 4.00. The number of unbranched alkanes of at least 4 members (excludes halogenated alkanes) is 3. The molecule has 1 heterocycles. The monoisotopic (exact) mass is 278 g/mol. The van der Waals surface area contributed by atoms with Crippen LogP contribution in [0.15, 0.2) is 24.3 Å². The molecule has 0 N–H and O–H groups in total. The Bertz CT molecular complexity index is 427. The zero-order valence-electron chi connectivity index (χ0n) is 12.1. The topological polar surface area (TPSA) is 26.3 Å². The van der Waals surface area contributed by atoms with E-state index in [9.17, 15) is 9.18 Å². The lowest BCUT2D eigenvalue weighted by Gasteiger charge is -2.28. The number of cyclic esters (lactones) is 1. The number of esters is 1. The van der Waals surface area contributed by atoms with Crippen LogP contribution in [0.25, 0.3) is 0 Å². The van der Waals surface area contributed by atoms with Crippen molar-refractivity contribution >= 4 is 5.97 Å². The van der Waals surface area contributed by atoms with Crippen LogP contribution in [0.3, 0.4) is 0 Å². The Morgan fingerprint density at radius 1 is 1.15 bits per heavy atom. The summed E-state index contributed by atoms with van der Waals surface area (Å²) in [5.41, 5.74) is 0.862. The van der Waals surface area contributed by atoms with Gasteiger partial charge in [-0.15, -0.1) is 0 Å². The Kier molecular flexibility index (Phi) is 5.57. The first-order chi connectivity index (χ1) is 9.70. The highest BCUT2D eigenvalue weighted by Gasteiger charge is 2.30. The minimum Gasteiger partial charge on any atom is -0.462 e. The Hall–Kier alpha value is -1.38. The average molecular weight is 278 g/mol. The van der Waals surface area contributed by atoms with Crippen LogP contribution in [0, 0.1) is 5.82 Å². The van der Waals surface area contributed by atoms with Gasteiger partial charge in [-0.05, 0) is 43.4 Å². The second kappa shape index (κ2) is 7.41. The molecule has 110 valence electrons. The molecule has 20 heavy (non-hydrogen) atoms. The molecule has 2 nitrogen and oxygen atoms in total. The summed E-state index contributed by atoms with van der Waals surface area (Å²) in [5, 5.41) is 0. The summed E-state index contributed by atoms with van der Waals surface area (Å²) < 4.78 is 18.4. The maximum absolute atomic E-state index is 12.9. The number of ether oxygens (including phenoxy) is 1. The van der Waals surface area contributed by atoms with E-state index in [0.717, 1.165) is 31.2 Å². The number of hydrogen-bond donors (Lipinski definition) is 0. The zero-order valence-corrected chi connectivity index (χ0v) is 12.1. The standard InChI is InChI=1S/C17H23FO2/c1-2-3-4-5-6-15-11-12-16(17(19)20-15)13-7-9-14(18)10-8-13/h7-10,15-16H,2-6,11-12H2,1H3. The van der Waals surface area contributed by atoms with Crippen molar-refractivity contribution in [3.05, 3.63) is 35.6 Å². The molecule has 3 heteroatoms. The summed E-state index contributed by atoms with van der Waals surface area (Å²) in [6.45, 7) is 2.19. The second-order valence-corrected chi connectivity index (χ2v) is 5.59. The lowest BCUT2D eigenvalue weighted by Crippen LogP contribution is -2.29. The van der Waals surface area contributed by atoms with Crippen LogP contribution in [0.2, 0.25) is 0 Å². The molecule has 2 unspecified atom stereocenters. The zero-order chi connectivity index (χ0) is 14.4. The van der Waals surface area contributed by atoms with Crippen molar-refractivity contribution in [2.24, 2.45) is 0 Å². The molecule has 1 aliphatic heterocycles. The van der Waals surface area contributed by atoms with E-state index >= 15 is 0 Å². The van der Waals surface area contributed by atoms with Crippen LogP contribution >= 0.6 is 0 Å². The first kappa shape index (κ1) is 15.0. The fraction of sp³-hybridized carbons (Fsp3) is 0.588. The van der Waals surface area contributed by atoms with Crippen LogP contribution in [0.4, 0.5) is 4.39 Å². The van der Waals surface area contributed by atoms with Crippen LogP contribution in [-0.2, 0) is 9.53 Å². The smallest absolute Gasteiger partial charge is 0.313 e. The number of hydrogen-bond acceptors (Lipinski definition) is 2. The Balaban J connectivity index is 1.83. The summed E-state index contributed by atoms with van der Waals surface area (Å²) in [6.07, 6.45) is 7.59. The minimum atomic E-state index is -0.272. The van der Waals surface area contributed by atoms with Crippen LogP contribution < -0.4 is 0 Å². The van der Waals surface area contributed by atoms with Crippen molar-refractivity contribution in [1.29, 1.82) is 0 Å². The summed E-state index contributed by atoms with van der Waals surface area (Å²) in [5.74, 6) is -0.641. The summed E-state index contributed by atoms with van der Waals surface area (Å²) in [7, 11) is 0. The van der Waals surface area contributed by atoms with Gasteiger partial charge in [0.15, 0.2) is 0 Å². The fourth-order valence-electron chi connectivity index (χ4n) is 2.78. The number of carbonyl (C=O) groups excluding carboxylic acids is 1. The van der Waals surface area contributed by atoms with E-state index in [1.807, 2.05) is 0 Å². The third-order valence-corrected chi connectivity index (χ3v) is 4.00. The van der Waals surface area contributed by atoms with Gasteiger partial charge in [-0.25, -0.2) is 4.39 Å². The van der Waals surface area contributed by atoms with Crippen molar-refractivity contribution in [2.75, 3.05) is 0 Å². The molecule has 0 saturated carbocycles. The maximum Gasteiger partial charge on any atom is 0.313 e. The van der Waals surface area contributed by atoms with E-state index in [0.29, 0.717) is 0 Å². The van der Waals surface area contributed by atoms with Gasteiger partial charge in [0.25, 0.3) is 0 Å². The molecule has 0 aliphatic carbocycles. The number of carbonyl (C=O) groups is 1. The fourth-order valence-corrected chi connectivity index (χ4v) is 2.78. The molecule has 2 rings (SSSR count). The van der Waals surface area contributed by atoms with Crippen LogP contribution in [0.5, 0.6) is 0 Å². The van der Waals surface area contributed by atoms with Gasteiger partial charge in [0, 0.05) is 0 Å². The maximum atomic E-state index is 12.9. The Morgan fingerprint density at radius 3 is 2.55 bits per heavy atom. The molecule has 1 aliphatic rings. The predicted molar refractivity (Wildman–Crippen MR) is 77.0 cm³/mol. The second-order valence-electron chi connectivity index (χ2n) is 5.59. The highest BCUT2D eigenvalue weighted by Crippen LogP contribution is 2.31. The molecule has 0 bridgehead atoms. The van der Waals surface area contributed by atoms with E-state index in [4.69, 9.17) is 4.74 Å². The first-order valence-corrected chi connectivity index (χ1v) is 7.66. The van der Waals surface area contributed by atoms with Gasteiger partial charge >= 0.3 is 5.97 Å². The largest absolute Gasteiger partial charge is 0.462 e. The molecule has 0 spiro atoms. The highest BCUT2D eigenvalue weighted by atomic mass is 19.1. The van der Waals surface area contributed by atoms with E-state index in [2.05, 4.69) is 6.92 Å². The van der Waals surface area contributed by atoms with Gasteiger partial charge in [0.05, 0.1) is 5.92 Å². The highest BCUT2D eigenvalue weighted by molar-refractivity contribution is 5.79. The lowest BCUT2D eigenvalue weighted by atomic mass is 9.89. The number of rotatable bonds is 6. The van der Waals surface area contributed by atoms with Gasteiger partial charge in [-0.3, -0.25) is 4.79 Å².